The molecule has 0 saturated carbocycles. The highest BCUT2D eigenvalue weighted by Gasteiger charge is 2.07. The molecule has 0 aromatic carbocycles. The third kappa shape index (κ3) is 5.52. The molecule has 18 heavy (non-hydrogen) atoms. The van der Waals surface area contributed by atoms with E-state index in [2.05, 4.69) is 5.32 Å². The van der Waals surface area contributed by atoms with Crippen molar-refractivity contribution in [2.45, 2.75) is 39.0 Å². The van der Waals surface area contributed by atoms with Gasteiger partial charge in [-0.25, -0.2) is 0 Å². The van der Waals surface area contributed by atoms with E-state index in [1.54, 1.807) is 13.0 Å². The number of unbranched alkanes of at least 4 members (excludes halogenated alkanes) is 3. The van der Waals surface area contributed by atoms with Crippen molar-refractivity contribution in [2.24, 2.45) is 0 Å². The van der Waals surface area contributed by atoms with Crippen molar-refractivity contribution in [3.8, 4) is 0 Å². The number of carboxylic acid groups (broad SMARTS) is 1. The summed E-state index contributed by atoms with van der Waals surface area (Å²) < 4.78 is 5.05. The summed E-state index contributed by atoms with van der Waals surface area (Å²) in [6, 6.07) is 1.70. The lowest BCUT2D eigenvalue weighted by atomic mass is 10.1. The Bertz CT molecular complexity index is 397. The van der Waals surface area contributed by atoms with Gasteiger partial charge in [0.15, 0.2) is 0 Å². The van der Waals surface area contributed by atoms with Crippen LogP contribution in [-0.2, 0) is 4.79 Å². The molecule has 5 heteroatoms. The van der Waals surface area contributed by atoms with E-state index in [9.17, 15) is 9.59 Å². The number of amides is 1. The fraction of sp³-hybridized carbons (Fsp3) is 0.538. The molecule has 0 aliphatic rings. The lowest BCUT2D eigenvalue weighted by Crippen LogP contribution is -2.23. The molecular formula is C13H19NO4. The molecule has 1 aromatic heterocycles. The largest absolute Gasteiger partial charge is 0.481 e. The predicted molar refractivity (Wildman–Crippen MR) is 66.5 cm³/mol. The van der Waals surface area contributed by atoms with Gasteiger partial charge >= 0.3 is 5.97 Å². The first-order chi connectivity index (χ1) is 8.59. The first-order valence-electron chi connectivity index (χ1n) is 6.14. The number of rotatable bonds is 8. The van der Waals surface area contributed by atoms with Crippen LogP contribution in [0, 0.1) is 6.92 Å². The monoisotopic (exact) mass is 253 g/mol. The number of furan rings is 1. The van der Waals surface area contributed by atoms with Crippen molar-refractivity contribution in [1.82, 2.24) is 5.32 Å². The third-order valence-electron chi connectivity index (χ3n) is 2.60. The maximum atomic E-state index is 11.6. The van der Waals surface area contributed by atoms with Crippen LogP contribution in [0.2, 0.25) is 0 Å². The van der Waals surface area contributed by atoms with Gasteiger partial charge in [-0.15, -0.1) is 0 Å². The second-order valence-corrected chi connectivity index (χ2v) is 4.26. The molecule has 0 radical (unpaired) electrons. The fourth-order valence-electron chi connectivity index (χ4n) is 1.62. The van der Waals surface area contributed by atoms with Crippen molar-refractivity contribution in [1.29, 1.82) is 0 Å². The molecule has 0 bridgehead atoms. The summed E-state index contributed by atoms with van der Waals surface area (Å²) in [5, 5.41) is 11.2. The molecule has 1 rings (SSSR count). The van der Waals surface area contributed by atoms with Gasteiger partial charge in [-0.1, -0.05) is 12.8 Å². The minimum atomic E-state index is -0.751. The Balaban J connectivity index is 2.04. The highest BCUT2D eigenvalue weighted by Crippen LogP contribution is 2.06. The Morgan fingerprint density at radius 2 is 2.00 bits per heavy atom. The van der Waals surface area contributed by atoms with E-state index in [1.165, 1.54) is 6.26 Å². The zero-order chi connectivity index (χ0) is 13.4. The highest BCUT2D eigenvalue weighted by molar-refractivity contribution is 5.93. The SMILES string of the molecule is Cc1cc(C(=O)NCCCCCCC(=O)O)co1. The predicted octanol–water partition coefficient (Wildman–Crippen LogP) is 2.35. The summed E-state index contributed by atoms with van der Waals surface area (Å²) in [5.74, 6) is -0.162. The molecule has 1 heterocycles. The zero-order valence-electron chi connectivity index (χ0n) is 10.6. The Hall–Kier alpha value is -1.78. The standard InChI is InChI=1S/C13H19NO4/c1-10-8-11(9-18-10)13(17)14-7-5-3-2-4-6-12(15)16/h8-9H,2-7H2,1H3,(H,14,17)(H,15,16). The first kappa shape index (κ1) is 14.3. The van der Waals surface area contributed by atoms with Crippen molar-refractivity contribution < 1.29 is 19.1 Å². The molecule has 0 unspecified atom stereocenters. The molecule has 0 aliphatic carbocycles. The second-order valence-electron chi connectivity index (χ2n) is 4.26. The van der Waals surface area contributed by atoms with Crippen molar-refractivity contribution >= 4 is 11.9 Å². The minimum absolute atomic E-state index is 0.127. The van der Waals surface area contributed by atoms with E-state index in [-0.39, 0.29) is 12.3 Å². The molecule has 0 atom stereocenters. The van der Waals surface area contributed by atoms with Gasteiger partial charge in [-0.2, -0.15) is 0 Å². The van der Waals surface area contributed by atoms with Gasteiger partial charge in [0, 0.05) is 13.0 Å². The summed E-state index contributed by atoms with van der Waals surface area (Å²) >= 11 is 0. The smallest absolute Gasteiger partial charge is 0.303 e. The maximum Gasteiger partial charge on any atom is 0.303 e. The molecule has 100 valence electrons. The number of carboxylic acids is 1. The van der Waals surface area contributed by atoms with Crippen LogP contribution in [0.5, 0.6) is 0 Å². The normalized spacial score (nSPS) is 10.3. The number of aryl methyl sites for hydroxylation is 1. The van der Waals surface area contributed by atoms with E-state index >= 15 is 0 Å². The van der Waals surface area contributed by atoms with Gasteiger partial charge in [0.1, 0.15) is 12.0 Å². The van der Waals surface area contributed by atoms with E-state index < -0.39 is 5.97 Å². The fourth-order valence-corrected chi connectivity index (χ4v) is 1.62. The molecule has 0 saturated heterocycles. The number of carbonyl (C=O) groups is 2. The van der Waals surface area contributed by atoms with Gasteiger partial charge in [0.05, 0.1) is 5.56 Å². The molecule has 2 N–H and O–H groups in total. The van der Waals surface area contributed by atoms with Gasteiger partial charge < -0.3 is 14.8 Å². The van der Waals surface area contributed by atoms with Crippen molar-refractivity contribution in [3.05, 3.63) is 23.7 Å². The van der Waals surface area contributed by atoms with E-state index in [1.807, 2.05) is 0 Å². The molecular weight excluding hydrogens is 234 g/mol. The van der Waals surface area contributed by atoms with E-state index in [0.29, 0.717) is 24.3 Å². The molecule has 0 fully saturated rings. The van der Waals surface area contributed by atoms with Gasteiger partial charge in [-0.05, 0) is 25.8 Å². The maximum absolute atomic E-state index is 11.6. The van der Waals surface area contributed by atoms with Gasteiger partial charge in [0.25, 0.3) is 5.91 Å². The second kappa shape index (κ2) is 7.53. The van der Waals surface area contributed by atoms with Crippen molar-refractivity contribution in [3.63, 3.8) is 0 Å². The number of hydrogen-bond acceptors (Lipinski definition) is 3. The first-order valence-corrected chi connectivity index (χ1v) is 6.14. The summed E-state index contributed by atoms with van der Waals surface area (Å²) in [5.41, 5.74) is 0.540. The summed E-state index contributed by atoms with van der Waals surface area (Å²) in [6.45, 7) is 2.40. The Labute approximate surface area is 106 Å². The van der Waals surface area contributed by atoms with Crippen LogP contribution in [0.4, 0.5) is 0 Å². The lowest BCUT2D eigenvalue weighted by Gasteiger charge is -2.03. The Morgan fingerprint density at radius 1 is 1.28 bits per heavy atom. The average molecular weight is 253 g/mol. The number of nitrogens with one attached hydrogen (secondary N) is 1. The molecule has 1 aromatic rings. The van der Waals surface area contributed by atoms with Crippen LogP contribution in [0.1, 0.15) is 48.2 Å². The van der Waals surface area contributed by atoms with Gasteiger partial charge in [0.2, 0.25) is 0 Å². The highest BCUT2D eigenvalue weighted by atomic mass is 16.4. The minimum Gasteiger partial charge on any atom is -0.481 e. The Morgan fingerprint density at radius 3 is 2.61 bits per heavy atom. The van der Waals surface area contributed by atoms with Gasteiger partial charge in [-0.3, -0.25) is 9.59 Å². The van der Waals surface area contributed by atoms with Crippen LogP contribution >= 0.6 is 0 Å². The number of carbonyl (C=O) groups excluding carboxylic acids is 1. The van der Waals surface area contributed by atoms with Crippen LogP contribution in [0.3, 0.4) is 0 Å². The lowest BCUT2D eigenvalue weighted by molar-refractivity contribution is -0.137. The summed E-state index contributed by atoms with van der Waals surface area (Å²) in [7, 11) is 0. The van der Waals surface area contributed by atoms with E-state index in [0.717, 1.165) is 19.3 Å². The van der Waals surface area contributed by atoms with E-state index in [4.69, 9.17) is 9.52 Å². The quantitative estimate of drug-likeness (QED) is 0.697. The average Bonchev–Trinajstić information content (AvgIpc) is 2.74. The molecule has 5 nitrogen and oxygen atoms in total. The van der Waals surface area contributed by atoms with Crippen molar-refractivity contribution in [2.75, 3.05) is 6.54 Å². The van der Waals surface area contributed by atoms with Crippen LogP contribution < -0.4 is 5.32 Å². The molecule has 1 amide bonds. The molecule has 0 aliphatic heterocycles. The van der Waals surface area contributed by atoms with Crippen LogP contribution in [-0.4, -0.2) is 23.5 Å². The summed E-state index contributed by atoms with van der Waals surface area (Å²) in [4.78, 5) is 21.9. The Kier molecular flexibility index (Phi) is 5.97. The topological polar surface area (TPSA) is 79.5 Å². The number of hydrogen-bond donors (Lipinski definition) is 2. The molecule has 0 spiro atoms. The van der Waals surface area contributed by atoms with Crippen LogP contribution in [0.15, 0.2) is 16.7 Å². The summed E-state index contributed by atoms with van der Waals surface area (Å²) in [6.07, 6.45) is 5.04. The zero-order valence-corrected chi connectivity index (χ0v) is 10.6. The third-order valence-corrected chi connectivity index (χ3v) is 2.60. The number of aliphatic carboxylic acids is 1. The van der Waals surface area contributed by atoms with Crippen LogP contribution in [0.25, 0.3) is 0 Å².